The summed E-state index contributed by atoms with van der Waals surface area (Å²) >= 11 is 0. The van der Waals surface area contributed by atoms with E-state index in [1.165, 1.54) is 19.4 Å². The molecule has 0 amide bonds. The van der Waals surface area contributed by atoms with Gasteiger partial charge in [0.05, 0.1) is 0 Å². The second-order valence-corrected chi connectivity index (χ2v) is 14.2. The summed E-state index contributed by atoms with van der Waals surface area (Å²) in [6, 6.07) is 7.80. The summed E-state index contributed by atoms with van der Waals surface area (Å²) < 4.78 is 6.50. The van der Waals surface area contributed by atoms with Gasteiger partial charge in [-0.2, -0.15) is 0 Å². The van der Waals surface area contributed by atoms with Crippen molar-refractivity contribution >= 4 is 8.32 Å². The smallest absolute Gasteiger partial charge is 0.192 e. The Kier molecular flexibility index (Phi) is 5.53. The van der Waals surface area contributed by atoms with E-state index in [0.717, 1.165) is 18.7 Å². The van der Waals surface area contributed by atoms with E-state index >= 15 is 0 Å². The molecule has 3 nitrogen and oxygen atoms in total. The predicted molar refractivity (Wildman–Crippen MR) is 110 cm³/mol. The summed E-state index contributed by atoms with van der Waals surface area (Å²) in [6.45, 7) is 14.7. The molecule has 4 rings (SSSR count). The van der Waals surface area contributed by atoms with Crippen LogP contribution >= 0.6 is 0 Å². The minimum Gasteiger partial charge on any atom is -0.508 e. The molecule has 1 unspecified atom stereocenters. The molecule has 3 aliphatic rings. The van der Waals surface area contributed by atoms with Gasteiger partial charge in [-0.05, 0) is 61.6 Å². The average molecular weight is 372 g/mol. The zero-order valence-electron chi connectivity index (χ0n) is 16.9. The van der Waals surface area contributed by atoms with Crippen LogP contribution in [0, 0.1) is 23.7 Å². The number of hydrogen-bond donors (Lipinski definition) is 1. The maximum absolute atomic E-state index is 9.59. The van der Waals surface area contributed by atoms with Crippen molar-refractivity contribution in [1.82, 2.24) is 4.90 Å². The Hall–Kier alpha value is -1.28. The zero-order chi connectivity index (χ0) is 18.9. The quantitative estimate of drug-likeness (QED) is 0.628. The van der Waals surface area contributed by atoms with Gasteiger partial charge in [0.25, 0.3) is 0 Å². The Labute approximate surface area is 159 Å². The molecule has 3 aliphatic heterocycles. The molecule has 142 valence electrons. The first-order valence-electron chi connectivity index (χ1n) is 9.84. The lowest BCUT2D eigenvalue weighted by atomic mass is 9.76. The zero-order valence-corrected chi connectivity index (χ0v) is 17.9. The average Bonchev–Trinajstić information content (AvgIpc) is 2.58. The lowest BCUT2D eigenvalue weighted by Gasteiger charge is -2.49. The molecule has 0 radical (unpaired) electrons. The monoisotopic (exact) mass is 371 g/mol. The van der Waals surface area contributed by atoms with E-state index in [1.807, 2.05) is 12.1 Å². The fourth-order valence-corrected chi connectivity index (χ4v) is 4.80. The van der Waals surface area contributed by atoms with Gasteiger partial charge in [-0.15, -0.1) is 0 Å². The minimum atomic E-state index is -1.68. The first-order valence-corrected chi connectivity index (χ1v) is 12.7. The second kappa shape index (κ2) is 7.38. The van der Waals surface area contributed by atoms with Crippen LogP contribution in [0.3, 0.4) is 0 Å². The van der Waals surface area contributed by atoms with Gasteiger partial charge >= 0.3 is 0 Å². The first-order chi connectivity index (χ1) is 12.2. The lowest BCUT2D eigenvalue weighted by Crippen LogP contribution is -2.56. The molecule has 26 heavy (non-hydrogen) atoms. The molecule has 1 aromatic rings. The van der Waals surface area contributed by atoms with Crippen molar-refractivity contribution in [2.75, 3.05) is 19.7 Å². The van der Waals surface area contributed by atoms with Gasteiger partial charge in [-0.3, -0.25) is 4.90 Å². The van der Waals surface area contributed by atoms with Gasteiger partial charge in [-0.1, -0.05) is 38.7 Å². The Balaban J connectivity index is 1.60. The van der Waals surface area contributed by atoms with Crippen LogP contribution in [0.5, 0.6) is 5.75 Å². The number of nitrogens with zero attached hydrogens (tertiary/aromatic N) is 1. The van der Waals surface area contributed by atoms with Crippen molar-refractivity contribution in [3.05, 3.63) is 29.8 Å². The normalized spacial score (nSPS) is 28.5. The highest BCUT2D eigenvalue weighted by atomic mass is 28.4. The summed E-state index contributed by atoms with van der Waals surface area (Å²) in [4.78, 5) is 2.59. The summed E-state index contributed by atoms with van der Waals surface area (Å²) in [5.74, 6) is 8.15. The number of rotatable bonds is 3. The fourth-order valence-electron chi connectivity index (χ4n) is 3.76. The molecule has 0 saturated carbocycles. The van der Waals surface area contributed by atoms with Crippen molar-refractivity contribution in [2.24, 2.45) is 11.8 Å². The van der Waals surface area contributed by atoms with Gasteiger partial charge in [0.2, 0.25) is 0 Å². The Morgan fingerprint density at radius 2 is 2.08 bits per heavy atom. The van der Waals surface area contributed by atoms with E-state index < -0.39 is 8.32 Å². The summed E-state index contributed by atoms with van der Waals surface area (Å²) in [6.07, 6.45) is 2.45. The van der Waals surface area contributed by atoms with Crippen LogP contribution in [-0.2, 0) is 4.43 Å². The van der Waals surface area contributed by atoms with E-state index in [0.29, 0.717) is 17.9 Å². The van der Waals surface area contributed by atoms with Crippen molar-refractivity contribution < 1.29 is 9.53 Å². The number of aromatic hydroxyl groups is 1. The Bertz CT molecular complexity index is 698. The topological polar surface area (TPSA) is 32.7 Å². The van der Waals surface area contributed by atoms with Gasteiger partial charge in [0, 0.05) is 30.7 Å². The highest BCUT2D eigenvalue weighted by Crippen LogP contribution is 2.39. The first kappa shape index (κ1) is 19.5. The van der Waals surface area contributed by atoms with Crippen LogP contribution in [0.15, 0.2) is 24.3 Å². The summed E-state index contributed by atoms with van der Waals surface area (Å²) in [7, 11) is -1.68. The van der Waals surface area contributed by atoms with Crippen molar-refractivity contribution in [3.63, 3.8) is 0 Å². The van der Waals surface area contributed by atoms with Crippen LogP contribution in [0.25, 0.3) is 0 Å². The third-order valence-electron chi connectivity index (χ3n) is 6.57. The maximum Gasteiger partial charge on any atom is 0.192 e. The van der Waals surface area contributed by atoms with Crippen LogP contribution in [0.1, 0.15) is 39.2 Å². The largest absolute Gasteiger partial charge is 0.508 e. The van der Waals surface area contributed by atoms with E-state index in [4.69, 9.17) is 4.43 Å². The van der Waals surface area contributed by atoms with Gasteiger partial charge in [0.1, 0.15) is 5.75 Å². The molecule has 3 heterocycles. The highest BCUT2D eigenvalue weighted by molar-refractivity contribution is 6.74. The van der Waals surface area contributed by atoms with Gasteiger partial charge in [-0.25, -0.2) is 0 Å². The molecule has 0 aliphatic carbocycles. The van der Waals surface area contributed by atoms with Crippen LogP contribution in [0.2, 0.25) is 18.1 Å². The summed E-state index contributed by atoms with van der Waals surface area (Å²) in [5.41, 5.74) is 0.902. The van der Waals surface area contributed by atoms with E-state index in [1.54, 1.807) is 12.1 Å². The van der Waals surface area contributed by atoms with Crippen LogP contribution < -0.4 is 0 Å². The van der Waals surface area contributed by atoms with Gasteiger partial charge in [0.15, 0.2) is 8.32 Å². The Morgan fingerprint density at radius 1 is 1.31 bits per heavy atom. The maximum atomic E-state index is 9.59. The van der Waals surface area contributed by atoms with E-state index in [2.05, 4.69) is 50.6 Å². The molecule has 0 aromatic heterocycles. The number of fused-ring (bicyclic) bond motifs is 3. The number of benzene rings is 1. The van der Waals surface area contributed by atoms with Crippen molar-refractivity contribution in [2.45, 2.75) is 57.8 Å². The second-order valence-electron chi connectivity index (χ2n) is 9.43. The van der Waals surface area contributed by atoms with Gasteiger partial charge < -0.3 is 9.53 Å². The van der Waals surface area contributed by atoms with E-state index in [-0.39, 0.29) is 10.8 Å². The molecule has 3 fully saturated rings. The van der Waals surface area contributed by atoms with Crippen LogP contribution in [-0.4, -0.2) is 44.1 Å². The standard InChI is InChI=1S/C22H33NO2Si/c1-22(2,3)26(4,5)25-16-20-14-18-11-12-23(20)15-19(18)10-9-17-7-6-8-21(24)13-17/h6-8,13,18-20,24H,11-12,14-16H2,1-5H3/t18-,19-,20+/m0/s1. The number of phenolic OH excluding ortho intramolecular Hbond substituents is 1. The molecule has 1 N–H and O–H groups in total. The lowest BCUT2D eigenvalue weighted by molar-refractivity contribution is -0.00120. The van der Waals surface area contributed by atoms with E-state index in [9.17, 15) is 5.11 Å². The third-order valence-corrected chi connectivity index (χ3v) is 11.1. The summed E-state index contributed by atoms with van der Waals surface area (Å²) in [5, 5.41) is 9.85. The SMILES string of the molecule is CC(C)(C)[Si](C)(C)OC[C@H]1C[C@@H]2CCN1C[C@@H]2C#Cc1cccc(O)c1. The molecule has 0 spiro atoms. The number of phenols is 1. The molecule has 4 heteroatoms. The van der Waals surface area contributed by atoms with Crippen molar-refractivity contribution in [3.8, 4) is 17.6 Å². The Morgan fingerprint density at radius 3 is 2.69 bits per heavy atom. The molecule has 3 saturated heterocycles. The predicted octanol–water partition coefficient (Wildman–Crippen LogP) is 4.48. The molecule has 1 aromatic carbocycles. The molecular weight excluding hydrogens is 338 g/mol. The van der Waals surface area contributed by atoms with Crippen LogP contribution in [0.4, 0.5) is 0 Å². The minimum absolute atomic E-state index is 0.269. The highest BCUT2D eigenvalue weighted by Gasteiger charge is 2.42. The molecular formula is C22H33NO2Si. The third kappa shape index (κ3) is 4.33. The number of piperidine rings is 3. The molecule has 4 atom stereocenters. The number of hydrogen-bond acceptors (Lipinski definition) is 3. The molecule has 2 bridgehead atoms. The van der Waals surface area contributed by atoms with Crippen molar-refractivity contribution in [1.29, 1.82) is 0 Å². The fraction of sp³-hybridized carbons (Fsp3) is 0.636.